The Morgan fingerprint density at radius 1 is 0.923 bits per heavy atom. The quantitative estimate of drug-likeness (QED) is 0.531. The summed E-state index contributed by atoms with van der Waals surface area (Å²) in [5.41, 5.74) is 3.45. The molecule has 26 heavy (non-hydrogen) atoms. The fourth-order valence-corrected chi connectivity index (χ4v) is 3.90. The first-order chi connectivity index (χ1) is 12.2. The molecular formula is C23H27BO2. The van der Waals surface area contributed by atoms with Gasteiger partial charge >= 0.3 is 0 Å². The number of hydrogen-bond donors (Lipinski definition) is 0. The van der Waals surface area contributed by atoms with Crippen molar-refractivity contribution in [2.24, 2.45) is 0 Å². The molecule has 0 N–H and O–H groups in total. The highest BCUT2D eigenvalue weighted by Crippen LogP contribution is 2.50. The topological polar surface area (TPSA) is 18.5 Å². The van der Waals surface area contributed by atoms with Gasteiger partial charge in [-0.15, -0.1) is 0 Å². The molecule has 2 radical (unpaired) electrons. The molecule has 2 aliphatic rings. The van der Waals surface area contributed by atoms with E-state index in [0.29, 0.717) is 0 Å². The number of allylic oxidation sites excluding steroid dienone is 2. The van der Waals surface area contributed by atoms with Crippen molar-refractivity contribution in [1.29, 1.82) is 0 Å². The van der Waals surface area contributed by atoms with Crippen LogP contribution in [0.15, 0.2) is 36.1 Å². The Labute approximate surface area is 158 Å². The summed E-state index contributed by atoms with van der Waals surface area (Å²) in [7, 11) is 6.23. The molecule has 0 spiro atoms. The van der Waals surface area contributed by atoms with Gasteiger partial charge in [0.2, 0.25) is 0 Å². The molecule has 3 heteroatoms. The molecule has 0 saturated heterocycles. The van der Waals surface area contributed by atoms with E-state index in [4.69, 9.17) is 17.3 Å². The lowest BCUT2D eigenvalue weighted by Crippen LogP contribution is -2.34. The van der Waals surface area contributed by atoms with Gasteiger partial charge in [0.25, 0.3) is 0 Å². The zero-order valence-electron chi connectivity index (χ0n) is 16.9. The zero-order chi connectivity index (χ0) is 19.3. The van der Waals surface area contributed by atoms with Gasteiger partial charge < -0.3 is 9.47 Å². The van der Waals surface area contributed by atoms with Crippen molar-refractivity contribution >= 4 is 30.3 Å². The van der Waals surface area contributed by atoms with Crippen LogP contribution >= 0.6 is 0 Å². The third-order valence-corrected chi connectivity index (χ3v) is 5.02. The minimum absolute atomic E-state index is 0.427. The second kappa shape index (κ2) is 6.23. The zero-order valence-corrected chi connectivity index (χ0v) is 16.9. The molecule has 134 valence electrons. The Bertz CT molecular complexity index is 933. The number of rotatable bonds is 0. The maximum Gasteiger partial charge on any atom is 0.137 e. The minimum atomic E-state index is -0.801. The van der Waals surface area contributed by atoms with Crippen LogP contribution in [0.4, 0.5) is 0 Å². The van der Waals surface area contributed by atoms with Gasteiger partial charge in [-0.05, 0) is 51.1 Å². The highest BCUT2D eigenvalue weighted by atomic mass is 16.5. The van der Waals surface area contributed by atoms with Gasteiger partial charge in [-0.2, -0.15) is 0 Å². The van der Waals surface area contributed by atoms with Gasteiger partial charge in [0, 0.05) is 16.5 Å². The van der Waals surface area contributed by atoms with Crippen molar-refractivity contribution in [2.75, 3.05) is 0 Å². The maximum atomic E-state index is 6.24. The molecule has 0 bridgehead atoms. The van der Waals surface area contributed by atoms with Gasteiger partial charge in [-0.1, -0.05) is 50.3 Å². The summed E-state index contributed by atoms with van der Waals surface area (Å²) < 4.78 is 12.4. The van der Waals surface area contributed by atoms with Gasteiger partial charge in [-0.3, -0.25) is 0 Å². The third kappa shape index (κ3) is 2.74. The Morgan fingerprint density at radius 3 is 2.19 bits per heavy atom. The van der Waals surface area contributed by atoms with Gasteiger partial charge in [0.05, 0.1) is 11.3 Å². The Hall–Kier alpha value is -2.16. The summed E-state index contributed by atoms with van der Waals surface area (Å²) in [6.07, 6.45) is 4.00. The van der Waals surface area contributed by atoms with Crippen molar-refractivity contribution in [3.63, 3.8) is 0 Å². The molecular weight excluding hydrogens is 319 g/mol. The highest BCUT2D eigenvalue weighted by Gasteiger charge is 2.38. The van der Waals surface area contributed by atoms with E-state index in [2.05, 4.69) is 45.0 Å². The Balaban J connectivity index is 0.000000948. The van der Waals surface area contributed by atoms with Crippen LogP contribution in [0.2, 0.25) is 0 Å². The Morgan fingerprint density at radius 2 is 1.54 bits per heavy atom. The van der Waals surface area contributed by atoms with E-state index in [1.54, 1.807) is 0 Å². The van der Waals surface area contributed by atoms with E-state index in [-0.39, 0.29) is 0 Å². The second-order valence-corrected chi connectivity index (χ2v) is 7.45. The lowest BCUT2D eigenvalue weighted by Gasteiger charge is -2.40. The van der Waals surface area contributed by atoms with Crippen LogP contribution in [0.1, 0.15) is 65.2 Å². The SMILES string of the molecule is CC.[B]C1(C)C=Cc2c3c(c4ccccc4c2O1)C(C)=C(C)OC3(C)C. The third-order valence-electron chi connectivity index (χ3n) is 5.02. The van der Waals surface area contributed by atoms with E-state index in [1.165, 1.54) is 22.1 Å². The molecule has 2 aromatic rings. The number of fused-ring (bicyclic) bond motifs is 6. The largest absolute Gasteiger partial charge is 0.492 e. The van der Waals surface area contributed by atoms with Crippen LogP contribution in [-0.2, 0) is 10.3 Å². The summed E-state index contributed by atoms with van der Waals surface area (Å²) in [5, 5.41) is 2.28. The van der Waals surface area contributed by atoms with Gasteiger partial charge in [0.15, 0.2) is 0 Å². The number of benzene rings is 2. The second-order valence-electron chi connectivity index (χ2n) is 7.45. The fourth-order valence-electron chi connectivity index (χ4n) is 3.90. The van der Waals surface area contributed by atoms with Crippen LogP contribution in [-0.4, -0.2) is 13.3 Å². The van der Waals surface area contributed by atoms with Crippen molar-refractivity contribution in [3.8, 4) is 5.75 Å². The monoisotopic (exact) mass is 346 g/mol. The summed E-state index contributed by atoms with van der Waals surface area (Å²) in [5.74, 6) is 1.82. The predicted molar refractivity (Wildman–Crippen MR) is 111 cm³/mol. The Kier molecular flexibility index (Phi) is 4.46. The van der Waals surface area contributed by atoms with Crippen molar-refractivity contribution in [3.05, 3.63) is 52.8 Å². The molecule has 0 fully saturated rings. The molecule has 2 heterocycles. The van der Waals surface area contributed by atoms with E-state index in [0.717, 1.165) is 22.5 Å². The first kappa shape index (κ1) is 18.6. The summed E-state index contributed by atoms with van der Waals surface area (Å²) in [6, 6.07) is 8.37. The number of ether oxygens (including phenoxy) is 2. The predicted octanol–water partition coefficient (Wildman–Crippen LogP) is 6.17. The molecule has 2 aliphatic heterocycles. The molecule has 0 aromatic heterocycles. The minimum Gasteiger partial charge on any atom is -0.492 e. The highest BCUT2D eigenvalue weighted by molar-refractivity contribution is 6.17. The summed E-state index contributed by atoms with van der Waals surface area (Å²) in [4.78, 5) is 0. The van der Waals surface area contributed by atoms with Crippen LogP contribution in [0, 0.1) is 0 Å². The van der Waals surface area contributed by atoms with E-state index < -0.39 is 11.1 Å². The maximum absolute atomic E-state index is 6.24. The molecule has 2 aromatic carbocycles. The van der Waals surface area contributed by atoms with Crippen molar-refractivity contribution in [1.82, 2.24) is 0 Å². The van der Waals surface area contributed by atoms with Crippen LogP contribution < -0.4 is 4.74 Å². The average Bonchev–Trinajstić information content (AvgIpc) is 2.59. The normalized spacial score (nSPS) is 22.6. The van der Waals surface area contributed by atoms with E-state index >= 15 is 0 Å². The standard InChI is InChI=1S/C21H21BO2.C2H6/c1-12-13(2)23-20(3,4)18-16-10-11-21(5,22)24-19(16)15-9-7-6-8-14(15)17(12)18;1-2/h6-11H,1-5H3;1-2H3. The van der Waals surface area contributed by atoms with Gasteiger partial charge in [0.1, 0.15) is 19.2 Å². The molecule has 1 atom stereocenters. The molecule has 0 saturated carbocycles. The van der Waals surface area contributed by atoms with Crippen molar-refractivity contribution in [2.45, 2.75) is 59.6 Å². The van der Waals surface area contributed by atoms with E-state index in [9.17, 15) is 0 Å². The lowest BCUT2D eigenvalue weighted by atomic mass is 9.76. The first-order valence-corrected chi connectivity index (χ1v) is 9.34. The van der Waals surface area contributed by atoms with Gasteiger partial charge in [-0.25, -0.2) is 0 Å². The van der Waals surface area contributed by atoms with E-state index in [1.807, 2.05) is 39.8 Å². The fraction of sp³-hybridized carbons (Fsp3) is 0.391. The smallest absolute Gasteiger partial charge is 0.137 e. The molecule has 0 aliphatic carbocycles. The molecule has 1 unspecified atom stereocenters. The van der Waals surface area contributed by atoms with Crippen molar-refractivity contribution < 1.29 is 9.47 Å². The van der Waals surface area contributed by atoms with Crippen LogP contribution in [0.25, 0.3) is 22.4 Å². The van der Waals surface area contributed by atoms with Crippen LogP contribution in [0.5, 0.6) is 5.75 Å². The molecule has 0 amide bonds. The first-order valence-electron chi connectivity index (χ1n) is 9.34. The molecule has 4 rings (SSSR count). The lowest BCUT2D eigenvalue weighted by molar-refractivity contribution is 0.0290. The molecule has 2 nitrogen and oxygen atoms in total. The summed E-state index contributed by atoms with van der Waals surface area (Å²) >= 11 is 0. The summed E-state index contributed by atoms with van der Waals surface area (Å²) in [6.45, 7) is 14.3. The number of hydrogen-bond acceptors (Lipinski definition) is 2. The van der Waals surface area contributed by atoms with Crippen LogP contribution in [0.3, 0.4) is 0 Å². The average molecular weight is 346 g/mol.